The van der Waals surface area contributed by atoms with Gasteiger partial charge < -0.3 is 4.65 Å². The van der Waals surface area contributed by atoms with Crippen LogP contribution in [0.5, 0.6) is 0 Å². The summed E-state index contributed by atoms with van der Waals surface area (Å²) in [4.78, 5) is 0. The Bertz CT molecular complexity index is 326. The van der Waals surface area contributed by atoms with E-state index in [4.69, 9.17) is 0 Å². The molecule has 0 aromatic carbocycles. The molecule has 0 aromatic rings. The van der Waals surface area contributed by atoms with Crippen LogP contribution < -0.4 is 9.04 Å². The zero-order chi connectivity index (χ0) is 15.4. The maximum atomic E-state index is 10.6. The van der Waals surface area contributed by atoms with Crippen molar-refractivity contribution in [2.24, 2.45) is 0 Å². The molecule has 18 heavy (non-hydrogen) atoms. The van der Waals surface area contributed by atoms with E-state index >= 15 is 0 Å². The van der Waals surface area contributed by atoms with E-state index < -0.39 is 34.7 Å². The summed E-state index contributed by atoms with van der Waals surface area (Å²) in [5, 5.41) is 0. The topological polar surface area (TPSA) is 58.2 Å². The minimum Gasteiger partial charge on any atom is -0.360 e. The first-order valence-electron chi connectivity index (χ1n) is 6.20. The lowest BCUT2D eigenvalue weighted by Crippen LogP contribution is -2.55. The molecule has 0 saturated heterocycles. The second kappa shape index (κ2) is 6.80. The van der Waals surface area contributed by atoms with Crippen molar-refractivity contribution in [3.8, 4) is 0 Å². The Hall–Kier alpha value is 0.521. The predicted molar refractivity (Wildman–Crippen MR) is 91.2 cm³/mol. The fourth-order valence-electron chi connectivity index (χ4n) is 1.68. The maximum absolute atomic E-state index is 10.6. The average molecular weight is 329 g/mol. The van der Waals surface area contributed by atoms with E-state index in [1.54, 1.807) is 0 Å². The molecule has 0 aliphatic rings. The molecule has 0 aliphatic carbocycles. The lowest BCUT2D eigenvalue weighted by atomic mass is 11.8. The molecule has 0 radical (unpaired) electrons. The van der Waals surface area contributed by atoms with Gasteiger partial charge in [-0.2, -0.15) is 0 Å². The van der Waals surface area contributed by atoms with Crippen LogP contribution in [-0.2, 0) is 10.0 Å². The van der Waals surface area contributed by atoms with Crippen molar-refractivity contribution >= 4 is 34.7 Å². The number of rotatable bonds is 4. The molecule has 0 aromatic heterocycles. The van der Waals surface area contributed by atoms with Crippen molar-refractivity contribution < 1.29 is 8.42 Å². The monoisotopic (exact) mass is 328 g/mol. The summed E-state index contributed by atoms with van der Waals surface area (Å²) < 4.78 is 27.4. The van der Waals surface area contributed by atoms with Crippen LogP contribution in [0.15, 0.2) is 0 Å². The van der Waals surface area contributed by atoms with Gasteiger partial charge in [0, 0.05) is 0 Å². The quantitative estimate of drug-likeness (QED) is 0.780. The minimum atomic E-state index is -2.97. The molecule has 0 spiro atoms. The van der Waals surface area contributed by atoms with Crippen LogP contribution in [0.4, 0.5) is 0 Å². The molecule has 0 saturated carbocycles. The van der Waals surface area contributed by atoms with Crippen molar-refractivity contribution in [1.29, 1.82) is 0 Å². The third-order valence-corrected chi connectivity index (χ3v) is 11.2. The second-order valence-corrected chi connectivity index (χ2v) is 24.6. The van der Waals surface area contributed by atoms with Gasteiger partial charge in [0.05, 0.1) is 6.26 Å². The molecule has 4 nitrogen and oxygen atoms in total. The van der Waals surface area contributed by atoms with E-state index in [1.165, 1.54) is 6.26 Å². The van der Waals surface area contributed by atoms with Gasteiger partial charge in [0.1, 0.15) is 24.7 Å². The van der Waals surface area contributed by atoms with E-state index in [0.29, 0.717) is 0 Å². The number of hydrogen-bond acceptors (Lipinski definition) is 3. The Morgan fingerprint density at radius 1 is 0.667 bits per heavy atom. The summed E-state index contributed by atoms with van der Waals surface area (Å²) >= 11 is 0. The zero-order valence-electron chi connectivity index (χ0n) is 13.7. The SMILES string of the molecule is C[Si](C)(C)NS(C)(=O)=O.C[Si](C)(C)N[Si](C)(C)C. The predicted octanol–water partition coefficient (Wildman–Crippen LogP) is 2.62. The standard InChI is InChI=1S/C6H19NSi2.C4H13NO2SSi/c1-8(2,3)7-9(4,5)6;1-8(6,7)5-9(2,3)4/h7H,1-6H3;5H,1-4H3. The van der Waals surface area contributed by atoms with Crippen LogP contribution in [0.25, 0.3) is 0 Å². The molecular formula is C10H32N2O2SSi3. The molecule has 0 atom stereocenters. The number of nitrogens with one attached hydrogen (secondary N) is 2. The third kappa shape index (κ3) is 25.4. The van der Waals surface area contributed by atoms with Crippen LogP contribution in [0.1, 0.15) is 0 Å². The Morgan fingerprint density at radius 2 is 0.944 bits per heavy atom. The molecule has 0 aliphatic heterocycles. The van der Waals surface area contributed by atoms with E-state index in [0.717, 1.165) is 0 Å². The average Bonchev–Trinajstić information content (AvgIpc) is 1.64. The normalized spacial score (nSPS) is 13.9. The van der Waals surface area contributed by atoms with Crippen LogP contribution in [0.3, 0.4) is 0 Å². The second-order valence-electron chi connectivity index (χ2n) is 7.75. The van der Waals surface area contributed by atoms with Gasteiger partial charge in [0.25, 0.3) is 0 Å². The van der Waals surface area contributed by atoms with Crippen LogP contribution >= 0.6 is 0 Å². The van der Waals surface area contributed by atoms with Crippen molar-refractivity contribution in [3.63, 3.8) is 0 Å². The van der Waals surface area contributed by atoms with Crippen LogP contribution in [0.2, 0.25) is 58.9 Å². The van der Waals surface area contributed by atoms with Crippen molar-refractivity contribution in [2.75, 3.05) is 6.26 Å². The first-order valence-corrected chi connectivity index (χ1v) is 18.6. The summed E-state index contributed by atoms with van der Waals surface area (Å²) in [5.74, 6) is 0. The van der Waals surface area contributed by atoms with E-state index in [2.05, 4.69) is 48.3 Å². The molecule has 0 rings (SSSR count). The Morgan fingerprint density at radius 3 is 0.944 bits per heavy atom. The highest BCUT2D eigenvalue weighted by molar-refractivity contribution is 7.90. The molecule has 2 N–H and O–H groups in total. The molecule has 8 heteroatoms. The number of sulfonamides is 1. The molecule has 0 fully saturated rings. The Balaban J connectivity index is 0. The fourth-order valence-corrected chi connectivity index (χ4v) is 15.1. The first kappa shape index (κ1) is 20.8. The van der Waals surface area contributed by atoms with Crippen LogP contribution in [0, 0.1) is 0 Å². The smallest absolute Gasteiger partial charge is 0.202 e. The highest BCUT2D eigenvalue weighted by Crippen LogP contribution is 2.02. The van der Waals surface area contributed by atoms with E-state index in [1.807, 2.05) is 19.6 Å². The van der Waals surface area contributed by atoms with E-state index in [9.17, 15) is 8.42 Å². The van der Waals surface area contributed by atoms with Gasteiger partial charge in [-0.25, -0.2) is 12.8 Å². The van der Waals surface area contributed by atoms with Crippen LogP contribution in [-0.4, -0.2) is 39.4 Å². The van der Waals surface area contributed by atoms with Gasteiger partial charge in [0.15, 0.2) is 0 Å². The summed E-state index contributed by atoms with van der Waals surface area (Å²) in [6, 6.07) is 0. The number of hydrogen-bond donors (Lipinski definition) is 2. The van der Waals surface area contributed by atoms with Crippen molar-refractivity contribution in [1.82, 2.24) is 9.04 Å². The summed E-state index contributed by atoms with van der Waals surface area (Å²) in [5.41, 5.74) is 0. The molecule has 112 valence electrons. The molecule has 0 bridgehead atoms. The van der Waals surface area contributed by atoms with Gasteiger partial charge in [-0.05, 0) is 0 Å². The highest BCUT2D eigenvalue weighted by atomic mass is 32.2. The van der Waals surface area contributed by atoms with Crippen molar-refractivity contribution in [3.05, 3.63) is 0 Å². The highest BCUT2D eigenvalue weighted by Gasteiger charge is 2.22. The fraction of sp³-hybridized carbons (Fsp3) is 1.00. The van der Waals surface area contributed by atoms with Gasteiger partial charge in [0.2, 0.25) is 10.0 Å². The van der Waals surface area contributed by atoms with Gasteiger partial charge in [-0.1, -0.05) is 58.9 Å². The Kier molecular flexibility index (Phi) is 7.87. The third-order valence-electron chi connectivity index (χ3n) is 1.24. The van der Waals surface area contributed by atoms with Crippen molar-refractivity contribution in [2.45, 2.75) is 58.9 Å². The lowest BCUT2D eigenvalue weighted by Gasteiger charge is -2.28. The zero-order valence-corrected chi connectivity index (χ0v) is 17.5. The Labute approximate surface area is 117 Å². The molecular weight excluding hydrogens is 296 g/mol. The molecule has 0 unspecified atom stereocenters. The summed E-state index contributed by atoms with van der Waals surface area (Å²) in [7, 11) is -6.56. The molecule has 0 heterocycles. The van der Waals surface area contributed by atoms with E-state index in [-0.39, 0.29) is 0 Å². The summed E-state index contributed by atoms with van der Waals surface area (Å²) in [6.07, 6.45) is 1.19. The summed E-state index contributed by atoms with van der Waals surface area (Å²) in [6.45, 7) is 19.9. The lowest BCUT2D eigenvalue weighted by molar-refractivity contribution is 0.598. The van der Waals surface area contributed by atoms with Gasteiger partial charge >= 0.3 is 0 Å². The maximum Gasteiger partial charge on any atom is 0.202 e. The van der Waals surface area contributed by atoms with Gasteiger partial charge in [-0.15, -0.1) is 0 Å². The minimum absolute atomic E-state index is 0.981. The largest absolute Gasteiger partial charge is 0.360 e. The molecule has 0 amide bonds. The van der Waals surface area contributed by atoms with Gasteiger partial charge in [-0.3, -0.25) is 0 Å². The first-order chi connectivity index (χ1) is 7.41.